The molecule has 0 saturated carbocycles. The zero-order chi connectivity index (χ0) is 17.9. The average molecular weight is 387 g/mol. The molecule has 0 N–H and O–H groups in total. The zero-order valence-corrected chi connectivity index (χ0v) is 16.6. The Balaban J connectivity index is 1.54. The second-order valence-corrected chi connectivity index (χ2v) is 8.03. The second kappa shape index (κ2) is 7.78. The van der Waals surface area contributed by atoms with Gasteiger partial charge in [-0.15, -0.1) is 11.3 Å². The Morgan fingerprint density at radius 1 is 1.19 bits per heavy atom. The van der Waals surface area contributed by atoms with Crippen LogP contribution in [0.4, 0.5) is 0 Å². The van der Waals surface area contributed by atoms with Crippen LogP contribution in [0.1, 0.15) is 30.1 Å². The number of methoxy groups -OCH3 is 2. The van der Waals surface area contributed by atoms with Crippen LogP contribution in [0, 0.1) is 0 Å². The van der Waals surface area contributed by atoms with Crippen molar-refractivity contribution in [3.8, 4) is 22.1 Å². The summed E-state index contributed by atoms with van der Waals surface area (Å²) >= 11 is 3.44. The highest BCUT2D eigenvalue weighted by atomic mass is 32.1. The fourth-order valence-electron chi connectivity index (χ4n) is 3.57. The molecule has 0 amide bonds. The van der Waals surface area contributed by atoms with Crippen LogP contribution < -0.4 is 9.47 Å². The minimum atomic E-state index is 0.363. The minimum Gasteiger partial charge on any atom is -0.497 e. The Hall–Kier alpha value is -1.89. The summed E-state index contributed by atoms with van der Waals surface area (Å²) in [7, 11) is 3.41. The van der Waals surface area contributed by atoms with Gasteiger partial charge in [0.05, 0.1) is 19.9 Å². The predicted octanol–water partition coefficient (Wildman–Crippen LogP) is 5.23. The molecular weight excluding hydrogens is 364 g/mol. The summed E-state index contributed by atoms with van der Waals surface area (Å²) in [5.41, 5.74) is 3.61. The van der Waals surface area contributed by atoms with Gasteiger partial charge in [-0.2, -0.15) is 11.3 Å². The molecule has 1 aromatic carbocycles. The molecule has 1 saturated heterocycles. The quantitative estimate of drug-likeness (QED) is 0.581. The maximum Gasteiger partial charge on any atom is 0.127 e. The van der Waals surface area contributed by atoms with Gasteiger partial charge >= 0.3 is 0 Å². The van der Waals surface area contributed by atoms with E-state index in [9.17, 15) is 0 Å². The molecule has 136 valence electrons. The monoisotopic (exact) mass is 386 g/mol. The Kier molecular flexibility index (Phi) is 5.24. The number of thiophene rings is 1. The van der Waals surface area contributed by atoms with Crippen LogP contribution >= 0.6 is 22.7 Å². The molecular formula is C20H22N2O2S2. The molecule has 6 heteroatoms. The summed E-state index contributed by atoms with van der Waals surface area (Å²) in [5.74, 6) is 1.73. The second-order valence-electron chi connectivity index (χ2n) is 6.39. The van der Waals surface area contributed by atoms with Gasteiger partial charge in [-0.1, -0.05) is 6.07 Å². The number of likely N-dealkylation sites (tertiary alicyclic amines) is 1. The fourth-order valence-corrected chi connectivity index (χ4v) is 5.09. The predicted molar refractivity (Wildman–Crippen MR) is 107 cm³/mol. The first-order valence-electron chi connectivity index (χ1n) is 8.71. The summed E-state index contributed by atoms with van der Waals surface area (Å²) in [4.78, 5) is 7.36. The van der Waals surface area contributed by atoms with Gasteiger partial charge < -0.3 is 9.47 Å². The number of benzene rings is 1. The number of hydrogen-bond donors (Lipinski definition) is 0. The van der Waals surface area contributed by atoms with Crippen molar-refractivity contribution in [3.05, 3.63) is 51.7 Å². The maximum absolute atomic E-state index is 5.63. The summed E-state index contributed by atoms with van der Waals surface area (Å²) in [6, 6.07) is 8.63. The van der Waals surface area contributed by atoms with E-state index in [0.29, 0.717) is 6.04 Å². The van der Waals surface area contributed by atoms with E-state index in [4.69, 9.17) is 14.5 Å². The lowest BCUT2D eigenvalue weighted by Gasteiger charge is -2.25. The molecule has 0 radical (unpaired) electrons. The van der Waals surface area contributed by atoms with E-state index in [1.54, 1.807) is 36.9 Å². The van der Waals surface area contributed by atoms with Gasteiger partial charge in [0.25, 0.3) is 0 Å². The zero-order valence-electron chi connectivity index (χ0n) is 15.0. The number of nitrogens with zero attached hydrogens (tertiary/aromatic N) is 2. The Morgan fingerprint density at radius 3 is 2.88 bits per heavy atom. The molecule has 4 nitrogen and oxygen atoms in total. The highest BCUT2D eigenvalue weighted by Crippen LogP contribution is 2.39. The third kappa shape index (κ3) is 3.49. The number of thiazole rings is 1. The van der Waals surface area contributed by atoms with Gasteiger partial charge in [-0.25, -0.2) is 4.98 Å². The molecule has 4 rings (SSSR count). The topological polar surface area (TPSA) is 34.6 Å². The van der Waals surface area contributed by atoms with Crippen molar-refractivity contribution in [3.63, 3.8) is 0 Å². The number of rotatable bonds is 6. The molecule has 26 heavy (non-hydrogen) atoms. The smallest absolute Gasteiger partial charge is 0.127 e. The highest BCUT2D eigenvalue weighted by molar-refractivity contribution is 7.14. The molecule has 1 atom stereocenters. The summed E-state index contributed by atoms with van der Waals surface area (Å²) in [5, 5.41) is 7.55. The summed E-state index contributed by atoms with van der Waals surface area (Å²) < 4.78 is 11.0. The van der Waals surface area contributed by atoms with Crippen LogP contribution in [0.3, 0.4) is 0 Å². The Bertz CT molecular complexity index is 861. The van der Waals surface area contributed by atoms with Crippen LogP contribution in [0.5, 0.6) is 11.5 Å². The van der Waals surface area contributed by atoms with Crippen molar-refractivity contribution in [1.29, 1.82) is 0 Å². The molecule has 0 bridgehead atoms. The van der Waals surface area contributed by atoms with Crippen molar-refractivity contribution in [2.45, 2.75) is 25.4 Å². The van der Waals surface area contributed by atoms with E-state index in [1.807, 2.05) is 12.1 Å². The molecule has 0 spiro atoms. The van der Waals surface area contributed by atoms with E-state index in [1.165, 1.54) is 17.5 Å². The van der Waals surface area contributed by atoms with Crippen LogP contribution in [0.2, 0.25) is 0 Å². The van der Waals surface area contributed by atoms with Crippen molar-refractivity contribution < 1.29 is 9.47 Å². The van der Waals surface area contributed by atoms with Crippen LogP contribution in [-0.2, 0) is 6.54 Å². The van der Waals surface area contributed by atoms with Crippen LogP contribution in [-0.4, -0.2) is 30.6 Å². The van der Waals surface area contributed by atoms with Gasteiger partial charge in [-0.3, -0.25) is 4.90 Å². The number of ether oxygens (including phenoxy) is 2. The molecule has 1 aliphatic rings. The molecule has 3 aromatic rings. The first kappa shape index (κ1) is 17.5. The van der Waals surface area contributed by atoms with Gasteiger partial charge in [0.15, 0.2) is 0 Å². The van der Waals surface area contributed by atoms with Gasteiger partial charge in [0, 0.05) is 40.5 Å². The fraction of sp³-hybridized carbons (Fsp3) is 0.350. The lowest BCUT2D eigenvalue weighted by Crippen LogP contribution is -2.23. The molecule has 0 unspecified atom stereocenters. The van der Waals surface area contributed by atoms with E-state index < -0.39 is 0 Å². The molecule has 0 aliphatic carbocycles. The Morgan fingerprint density at radius 2 is 2.12 bits per heavy atom. The van der Waals surface area contributed by atoms with Crippen LogP contribution in [0.25, 0.3) is 10.6 Å². The standard InChI is InChI=1S/C20H22N2O2S2/c1-23-16-5-6-17(19(10-16)24-2)18-4-3-8-22(18)11-15-13-26-20(21-15)14-7-9-25-12-14/h5-7,9-10,12-13,18H,3-4,8,11H2,1-2H3/t18-/m0/s1. The van der Waals surface area contributed by atoms with Crippen molar-refractivity contribution in [2.75, 3.05) is 20.8 Å². The average Bonchev–Trinajstić information content (AvgIpc) is 3.43. The maximum atomic E-state index is 5.63. The van der Waals surface area contributed by atoms with Gasteiger partial charge in [-0.05, 0) is 36.9 Å². The lowest BCUT2D eigenvalue weighted by atomic mass is 10.0. The first-order chi connectivity index (χ1) is 12.8. The van der Waals surface area contributed by atoms with Crippen molar-refractivity contribution in [1.82, 2.24) is 9.88 Å². The van der Waals surface area contributed by atoms with Gasteiger partial charge in [0.2, 0.25) is 0 Å². The third-order valence-electron chi connectivity index (χ3n) is 4.85. The summed E-state index contributed by atoms with van der Waals surface area (Å²) in [6.07, 6.45) is 2.34. The highest BCUT2D eigenvalue weighted by Gasteiger charge is 2.29. The number of aromatic nitrogens is 1. The van der Waals surface area contributed by atoms with E-state index in [0.717, 1.165) is 41.7 Å². The number of hydrogen-bond acceptors (Lipinski definition) is 6. The lowest BCUT2D eigenvalue weighted by molar-refractivity contribution is 0.240. The van der Waals surface area contributed by atoms with Crippen LogP contribution in [0.15, 0.2) is 40.4 Å². The van der Waals surface area contributed by atoms with E-state index in [2.05, 4.69) is 33.2 Å². The molecule has 2 aromatic heterocycles. The molecule has 3 heterocycles. The van der Waals surface area contributed by atoms with Crippen molar-refractivity contribution >= 4 is 22.7 Å². The van der Waals surface area contributed by atoms with E-state index >= 15 is 0 Å². The minimum absolute atomic E-state index is 0.363. The third-order valence-corrected chi connectivity index (χ3v) is 6.47. The molecule has 1 aliphatic heterocycles. The van der Waals surface area contributed by atoms with E-state index in [-0.39, 0.29) is 0 Å². The van der Waals surface area contributed by atoms with Crippen molar-refractivity contribution in [2.24, 2.45) is 0 Å². The Labute approximate surface area is 162 Å². The SMILES string of the molecule is COc1ccc([C@@H]2CCCN2Cc2csc(-c3ccsc3)n2)c(OC)c1. The molecule has 1 fully saturated rings. The van der Waals surface area contributed by atoms with Gasteiger partial charge in [0.1, 0.15) is 16.5 Å². The first-order valence-corrected chi connectivity index (χ1v) is 10.5. The largest absolute Gasteiger partial charge is 0.497 e. The normalized spacial score (nSPS) is 17.5. The summed E-state index contributed by atoms with van der Waals surface area (Å²) in [6.45, 7) is 1.96.